The third-order valence-corrected chi connectivity index (χ3v) is 2.34. The summed E-state index contributed by atoms with van der Waals surface area (Å²) >= 11 is 0. The lowest BCUT2D eigenvalue weighted by Crippen LogP contribution is -2.26. The molecule has 52 valence electrons. The quantitative estimate of drug-likeness (QED) is 0.489. The highest BCUT2D eigenvalue weighted by Gasteiger charge is 2.20. The Morgan fingerprint density at radius 3 is 3.40 bits per heavy atom. The van der Waals surface area contributed by atoms with E-state index < -0.39 is 10.8 Å². The van der Waals surface area contributed by atoms with E-state index in [2.05, 4.69) is 9.98 Å². The molecule has 2 heterocycles. The Bertz CT molecular complexity index is 268. The molecule has 0 aromatic rings. The van der Waals surface area contributed by atoms with Gasteiger partial charge in [0.15, 0.2) is 0 Å². The van der Waals surface area contributed by atoms with E-state index in [1.54, 1.807) is 16.5 Å². The molecule has 0 fully saturated rings. The molecule has 0 aliphatic carbocycles. The summed E-state index contributed by atoms with van der Waals surface area (Å²) in [6.45, 7) is 0.543. The fraction of sp³-hybridized carbons (Fsp3) is 0.200. The predicted octanol–water partition coefficient (Wildman–Crippen LogP) is -0.123. The maximum atomic E-state index is 11.0. The molecular weight excluding hydrogens is 150 g/mol. The van der Waals surface area contributed by atoms with E-state index in [1.807, 2.05) is 0 Å². The van der Waals surface area contributed by atoms with E-state index in [0.717, 1.165) is 0 Å². The van der Waals surface area contributed by atoms with Crippen LogP contribution in [0, 0.1) is 0 Å². The van der Waals surface area contributed by atoms with Crippen molar-refractivity contribution in [3.05, 3.63) is 11.6 Å². The van der Waals surface area contributed by atoms with Crippen LogP contribution in [0.15, 0.2) is 21.6 Å². The molecule has 0 saturated heterocycles. The summed E-state index contributed by atoms with van der Waals surface area (Å²) in [6, 6.07) is 0. The second-order valence-electron chi connectivity index (χ2n) is 1.90. The molecule has 0 radical (unpaired) electrons. The van der Waals surface area contributed by atoms with Crippen LogP contribution >= 0.6 is 0 Å². The van der Waals surface area contributed by atoms with Crippen LogP contribution in [-0.2, 0) is 10.8 Å². The second-order valence-corrected chi connectivity index (χ2v) is 3.14. The molecule has 5 heteroatoms. The van der Waals surface area contributed by atoms with E-state index in [1.165, 1.54) is 6.34 Å². The van der Waals surface area contributed by atoms with Gasteiger partial charge in [-0.15, -0.1) is 0 Å². The van der Waals surface area contributed by atoms with Gasteiger partial charge in [0.25, 0.3) is 0 Å². The van der Waals surface area contributed by atoms with Gasteiger partial charge in [-0.2, -0.15) is 0 Å². The highest BCUT2D eigenvalue weighted by Crippen LogP contribution is 2.10. The van der Waals surface area contributed by atoms with Gasteiger partial charge >= 0.3 is 0 Å². The minimum atomic E-state index is -1.04. The summed E-state index contributed by atoms with van der Waals surface area (Å²) in [5.74, 6) is 0. The highest BCUT2D eigenvalue weighted by molar-refractivity contribution is 8.03. The largest absolute Gasteiger partial charge is 0.304 e. The van der Waals surface area contributed by atoms with Crippen molar-refractivity contribution in [1.29, 1.82) is 0 Å². The molecule has 0 N–H and O–H groups in total. The number of hydrogen-bond donors (Lipinski definition) is 0. The number of rotatable bonds is 0. The van der Waals surface area contributed by atoms with Crippen LogP contribution in [0.25, 0.3) is 0 Å². The second kappa shape index (κ2) is 2.02. The highest BCUT2D eigenvalue weighted by atomic mass is 32.2. The van der Waals surface area contributed by atoms with Gasteiger partial charge in [0, 0.05) is 11.6 Å². The Morgan fingerprint density at radius 1 is 1.70 bits per heavy atom. The van der Waals surface area contributed by atoms with Crippen molar-refractivity contribution >= 4 is 22.3 Å². The summed E-state index contributed by atoms with van der Waals surface area (Å²) in [4.78, 5) is 9.50. The molecule has 1 unspecified atom stereocenters. The Balaban J connectivity index is 2.40. The normalized spacial score (nSPS) is 28.6. The van der Waals surface area contributed by atoms with Crippen LogP contribution in [0.3, 0.4) is 0 Å². The van der Waals surface area contributed by atoms with Crippen LogP contribution in [-0.4, -0.2) is 27.3 Å². The summed E-state index contributed by atoms with van der Waals surface area (Å²) < 4.78 is 11.0. The first kappa shape index (κ1) is 5.79. The Labute approximate surface area is 60.4 Å². The van der Waals surface area contributed by atoms with Crippen molar-refractivity contribution in [3.63, 3.8) is 0 Å². The molecule has 10 heavy (non-hydrogen) atoms. The number of aliphatic imine (C=N–C) groups is 2. The summed E-state index contributed by atoms with van der Waals surface area (Å²) in [7, 11) is -1.04. The lowest BCUT2D eigenvalue weighted by molar-refractivity contribution is 0.584. The minimum Gasteiger partial charge on any atom is -0.304 e. The molecule has 2 rings (SSSR count). The van der Waals surface area contributed by atoms with Gasteiger partial charge in [0.05, 0.1) is 0 Å². The smallest absolute Gasteiger partial charge is 0.206 e. The molecule has 0 spiro atoms. The van der Waals surface area contributed by atoms with Gasteiger partial charge in [-0.25, -0.2) is 9.20 Å². The van der Waals surface area contributed by atoms with Gasteiger partial charge < -0.3 is 4.90 Å². The fourth-order valence-corrected chi connectivity index (χ4v) is 1.70. The molecule has 2 aliphatic heterocycles. The number of fused-ring (bicyclic) bond motifs is 1. The zero-order valence-corrected chi connectivity index (χ0v) is 5.91. The van der Waals surface area contributed by atoms with E-state index in [-0.39, 0.29) is 0 Å². The van der Waals surface area contributed by atoms with E-state index in [0.29, 0.717) is 11.8 Å². The number of nitrogens with zero attached hydrogens (tertiary/aromatic N) is 3. The van der Waals surface area contributed by atoms with E-state index in [9.17, 15) is 4.21 Å². The SMILES string of the molecule is O=S1C=CN2CN=CN=C21. The van der Waals surface area contributed by atoms with Gasteiger partial charge in [-0.05, 0) is 0 Å². The van der Waals surface area contributed by atoms with Gasteiger partial charge in [0.1, 0.15) is 23.8 Å². The van der Waals surface area contributed by atoms with Crippen LogP contribution in [0.1, 0.15) is 0 Å². The Morgan fingerprint density at radius 2 is 2.60 bits per heavy atom. The monoisotopic (exact) mass is 155 g/mol. The first-order valence-electron chi connectivity index (χ1n) is 2.79. The van der Waals surface area contributed by atoms with Crippen molar-refractivity contribution in [2.45, 2.75) is 0 Å². The summed E-state index contributed by atoms with van der Waals surface area (Å²) in [6.07, 6.45) is 3.18. The first-order chi connectivity index (χ1) is 4.88. The molecule has 0 aromatic heterocycles. The van der Waals surface area contributed by atoms with Crippen molar-refractivity contribution in [1.82, 2.24) is 4.90 Å². The number of hydrogen-bond acceptors (Lipinski definition) is 4. The number of amidine groups is 1. The van der Waals surface area contributed by atoms with Crippen LogP contribution < -0.4 is 0 Å². The maximum Gasteiger partial charge on any atom is 0.206 e. The topological polar surface area (TPSA) is 45.0 Å². The van der Waals surface area contributed by atoms with Gasteiger partial charge in [0.2, 0.25) is 5.17 Å². The van der Waals surface area contributed by atoms with Crippen molar-refractivity contribution < 1.29 is 4.21 Å². The summed E-state index contributed by atoms with van der Waals surface area (Å²) in [5.41, 5.74) is 0. The maximum absolute atomic E-state index is 11.0. The fourth-order valence-electron chi connectivity index (χ4n) is 0.817. The molecule has 1 atom stereocenters. The predicted molar refractivity (Wildman–Crippen MR) is 39.9 cm³/mol. The zero-order valence-electron chi connectivity index (χ0n) is 5.10. The lowest BCUT2D eigenvalue weighted by atomic mass is 10.7. The molecule has 0 aromatic carbocycles. The minimum absolute atomic E-state index is 0.543. The first-order valence-corrected chi connectivity index (χ1v) is 4.01. The summed E-state index contributed by atoms with van der Waals surface area (Å²) in [5, 5.41) is 2.20. The molecule has 4 nitrogen and oxygen atoms in total. The average Bonchev–Trinajstić information content (AvgIpc) is 2.34. The Kier molecular flexibility index (Phi) is 1.17. The van der Waals surface area contributed by atoms with Crippen LogP contribution in [0.2, 0.25) is 0 Å². The van der Waals surface area contributed by atoms with Crippen molar-refractivity contribution in [2.24, 2.45) is 9.98 Å². The third kappa shape index (κ3) is 0.706. The van der Waals surface area contributed by atoms with Crippen molar-refractivity contribution in [3.8, 4) is 0 Å². The lowest BCUT2D eigenvalue weighted by Gasteiger charge is -2.14. The molecule has 2 aliphatic rings. The van der Waals surface area contributed by atoms with E-state index in [4.69, 9.17) is 0 Å². The van der Waals surface area contributed by atoms with Gasteiger partial charge in [-0.3, -0.25) is 4.99 Å². The molecule has 0 amide bonds. The van der Waals surface area contributed by atoms with Crippen LogP contribution in [0.4, 0.5) is 0 Å². The molecule has 0 bridgehead atoms. The average molecular weight is 155 g/mol. The molecule has 0 saturated carbocycles. The Hall–Kier alpha value is -0.970. The molecular formula is C5H5N3OS. The van der Waals surface area contributed by atoms with E-state index >= 15 is 0 Å². The van der Waals surface area contributed by atoms with Crippen molar-refractivity contribution in [2.75, 3.05) is 6.67 Å². The third-order valence-electron chi connectivity index (χ3n) is 1.27. The standard InChI is InChI=1S/C5H5N3OS/c9-10-2-1-8-4-6-3-7-5(8)10/h1-3H,4H2. The van der Waals surface area contributed by atoms with Gasteiger partial charge in [-0.1, -0.05) is 0 Å². The zero-order chi connectivity index (χ0) is 6.97. The van der Waals surface area contributed by atoms with Crippen LogP contribution in [0.5, 0.6) is 0 Å².